The molecule has 2 aromatic rings. The van der Waals surface area contributed by atoms with Gasteiger partial charge in [0.05, 0.1) is 0 Å². The molecule has 124 valence electrons. The maximum absolute atomic E-state index is 12.2. The molecule has 1 heterocycles. The van der Waals surface area contributed by atoms with E-state index >= 15 is 0 Å². The van der Waals surface area contributed by atoms with Crippen LogP contribution in [0, 0.1) is 6.92 Å². The van der Waals surface area contributed by atoms with Crippen LogP contribution in [0.5, 0.6) is 5.75 Å². The zero-order valence-electron chi connectivity index (χ0n) is 13.1. The molecule has 0 aliphatic heterocycles. The van der Waals surface area contributed by atoms with Crippen molar-refractivity contribution >= 4 is 45.7 Å². The number of amides is 1. The lowest BCUT2D eigenvalue weighted by molar-refractivity contribution is -0.122. The minimum absolute atomic E-state index is 0.263. The molecule has 1 amide bonds. The molecule has 0 aliphatic carbocycles. The Morgan fingerprint density at radius 1 is 1.48 bits per heavy atom. The van der Waals surface area contributed by atoms with Gasteiger partial charge in [0.2, 0.25) is 5.13 Å². The number of carbonyl (C=O) groups excluding carboxylic acids is 1. The minimum atomic E-state index is -0.647. The molecular weight excluding hydrogens is 354 g/mol. The van der Waals surface area contributed by atoms with E-state index in [4.69, 9.17) is 16.3 Å². The van der Waals surface area contributed by atoms with Gasteiger partial charge in [0, 0.05) is 10.8 Å². The molecule has 0 fully saturated rings. The number of carbonyl (C=O) groups is 1. The van der Waals surface area contributed by atoms with E-state index in [1.165, 1.54) is 11.3 Å². The van der Waals surface area contributed by atoms with E-state index in [0.717, 1.165) is 22.1 Å². The average molecular weight is 372 g/mol. The van der Waals surface area contributed by atoms with Crippen LogP contribution in [0.4, 0.5) is 5.13 Å². The summed E-state index contributed by atoms with van der Waals surface area (Å²) in [6, 6.07) is 5.29. The fourth-order valence-electron chi connectivity index (χ4n) is 1.66. The maximum atomic E-state index is 12.2. The largest absolute Gasteiger partial charge is 0.481 e. The van der Waals surface area contributed by atoms with Crippen LogP contribution in [-0.2, 0) is 4.79 Å². The van der Waals surface area contributed by atoms with Crippen molar-refractivity contribution in [2.75, 3.05) is 11.1 Å². The Morgan fingerprint density at radius 3 is 2.96 bits per heavy atom. The Morgan fingerprint density at radius 2 is 2.26 bits per heavy atom. The lowest BCUT2D eigenvalue weighted by Crippen LogP contribution is -2.30. The van der Waals surface area contributed by atoms with Crippen molar-refractivity contribution in [1.82, 2.24) is 10.2 Å². The summed E-state index contributed by atoms with van der Waals surface area (Å²) in [5.74, 6) is 1.32. The number of benzene rings is 1. The number of aromatic nitrogens is 2. The molecule has 5 nitrogen and oxygen atoms in total. The summed E-state index contributed by atoms with van der Waals surface area (Å²) < 4.78 is 6.49. The van der Waals surface area contributed by atoms with Crippen LogP contribution in [0.3, 0.4) is 0 Å². The zero-order chi connectivity index (χ0) is 16.8. The Kier molecular flexibility index (Phi) is 6.68. The smallest absolute Gasteiger partial charge is 0.266 e. The van der Waals surface area contributed by atoms with Crippen LogP contribution in [0.2, 0.25) is 5.02 Å². The first-order valence-corrected chi connectivity index (χ1v) is 9.37. The van der Waals surface area contributed by atoms with Crippen molar-refractivity contribution in [3.8, 4) is 5.75 Å². The standard InChI is InChI=1S/C15H18ClN3O2S2/c1-4-7-22-15-19-18-14(23-15)17-13(20)10(3)21-11-5-6-12(16)9(2)8-11/h5-6,8,10H,4,7H2,1-3H3,(H,17,18,20). The van der Waals surface area contributed by atoms with Crippen molar-refractivity contribution in [3.63, 3.8) is 0 Å². The van der Waals surface area contributed by atoms with Gasteiger partial charge in [-0.25, -0.2) is 0 Å². The lowest BCUT2D eigenvalue weighted by atomic mass is 10.2. The third-order valence-corrected chi connectivity index (χ3v) is 5.48. The third kappa shape index (κ3) is 5.37. The summed E-state index contributed by atoms with van der Waals surface area (Å²) in [6.07, 6.45) is 0.420. The van der Waals surface area contributed by atoms with Gasteiger partial charge in [0.15, 0.2) is 10.4 Å². The molecule has 1 unspecified atom stereocenters. The van der Waals surface area contributed by atoms with E-state index in [1.807, 2.05) is 6.92 Å². The van der Waals surface area contributed by atoms with E-state index in [0.29, 0.717) is 15.9 Å². The number of ether oxygens (including phenoxy) is 1. The van der Waals surface area contributed by atoms with Gasteiger partial charge in [-0.05, 0) is 44.0 Å². The first-order chi connectivity index (χ1) is 11.0. The molecule has 1 atom stereocenters. The highest BCUT2D eigenvalue weighted by Crippen LogP contribution is 2.26. The van der Waals surface area contributed by atoms with E-state index in [-0.39, 0.29) is 5.91 Å². The highest BCUT2D eigenvalue weighted by molar-refractivity contribution is 8.01. The number of halogens is 1. The summed E-state index contributed by atoms with van der Waals surface area (Å²) in [4.78, 5) is 12.2. The number of anilines is 1. The predicted octanol–water partition coefficient (Wildman–Crippen LogP) is 4.41. The van der Waals surface area contributed by atoms with Crippen molar-refractivity contribution in [1.29, 1.82) is 0 Å². The first kappa shape index (κ1) is 18.0. The molecule has 0 radical (unpaired) electrons. The second-order valence-electron chi connectivity index (χ2n) is 4.88. The fraction of sp³-hybridized carbons (Fsp3) is 0.400. The van der Waals surface area contributed by atoms with E-state index < -0.39 is 6.10 Å². The second-order valence-corrected chi connectivity index (χ2v) is 7.61. The fourth-order valence-corrected chi connectivity index (χ4v) is 3.46. The molecule has 23 heavy (non-hydrogen) atoms. The van der Waals surface area contributed by atoms with Crippen LogP contribution in [0.1, 0.15) is 25.8 Å². The monoisotopic (exact) mass is 371 g/mol. The van der Waals surface area contributed by atoms with Crippen molar-refractivity contribution in [2.24, 2.45) is 0 Å². The number of aryl methyl sites for hydroxylation is 1. The van der Waals surface area contributed by atoms with Crippen LogP contribution in [0.15, 0.2) is 22.5 Å². The molecule has 0 bridgehead atoms. The van der Waals surface area contributed by atoms with E-state index in [1.54, 1.807) is 36.9 Å². The SMILES string of the molecule is CCCSc1nnc(NC(=O)C(C)Oc2ccc(Cl)c(C)c2)s1. The van der Waals surface area contributed by atoms with Gasteiger partial charge in [-0.2, -0.15) is 0 Å². The quantitative estimate of drug-likeness (QED) is 0.577. The molecule has 2 rings (SSSR count). The molecule has 1 aromatic heterocycles. The molecule has 0 aliphatic rings. The molecule has 1 aromatic carbocycles. The highest BCUT2D eigenvalue weighted by Gasteiger charge is 2.17. The van der Waals surface area contributed by atoms with Crippen LogP contribution in [-0.4, -0.2) is 28.0 Å². The molecule has 0 saturated carbocycles. The number of nitrogens with zero attached hydrogens (tertiary/aromatic N) is 2. The van der Waals surface area contributed by atoms with Crippen LogP contribution in [0.25, 0.3) is 0 Å². The van der Waals surface area contributed by atoms with Gasteiger partial charge in [-0.3, -0.25) is 10.1 Å². The topological polar surface area (TPSA) is 64.1 Å². The number of rotatable bonds is 7. The van der Waals surface area contributed by atoms with Crippen molar-refractivity contribution < 1.29 is 9.53 Å². The number of nitrogens with one attached hydrogen (secondary N) is 1. The van der Waals surface area contributed by atoms with Gasteiger partial charge in [0.1, 0.15) is 5.75 Å². The summed E-state index contributed by atoms with van der Waals surface area (Å²) in [7, 11) is 0. The number of hydrogen-bond donors (Lipinski definition) is 1. The van der Waals surface area contributed by atoms with Crippen molar-refractivity contribution in [3.05, 3.63) is 28.8 Å². The summed E-state index contributed by atoms with van der Waals surface area (Å²) in [5, 5.41) is 11.9. The molecule has 1 N–H and O–H groups in total. The molecule has 0 spiro atoms. The summed E-state index contributed by atoms with van der Waals surface area (Å²) >= 11 is 8.97. The van der Waals surface area contributed by atoms with Gasteiger partial charge in [-0.1, -0.05) is 41.6 Å². The third-order valence-electron chi connectivity index (χ3n) is 2.88. The van der Waals surface area contributed by atoms with Crippen LogP contribution >= 0.6 is 34.7 Å². The Balaban J connectivity index is 1.91. The van der Waals surface area contributed by atoms with Gasteiger partial charge in [-0.15, -0.1) is 10.2 Å². The van der Waals surface area contributed by atoms with E-state index in [9.17, 15) is 4.79 Å². The lowest BCUT2D eigenvalue weighted by Gasteiger charge is -2.14. The normalized spacial score (nSPS) is 12.0. The maximum Gasteiger partial charge on any atom is 0.266 e. The van der Waals surface area contributed by atoms with Gasteiger partial charge < -0.3 is 4.74 Å². The Bertz CT molecular complexity index is 678. The second kappa shape index (κ2) is 8.52. The summed E-state index contributed by atoms with van der Waals surface area (Å²) in [5.41, 5.74) is 0.901. The highest BCUT2D eigenvalue weighted by atomic mass is 35.5. The molecular formula is C15H18ClN3O2S2. The number of hydrogen-bond acceptors (Lipinski definition) is 6. The van der Waals surface area contributed by atoms with Gasteiger partial charge >= 0.3 is 0 Å². The molecule has 8 heteroatoms. The van der Waals surface area contributed by atoms with Crippen LogP contribution < -0.4 is 10.1 Å². The minimum Gasteiger partial charge on any atom is -0.481 e. The summed E-state index contributed by atoms with van der Waals surface area (Å²) in [6.45, 7) is 5.68. The Hall–Kier alpha value is -1.31. The zero-order valence-corrected chi connectivity index (χ0v) is 15.5. The van der Waals surface area contributed by atoms with Crippen molar-refractivity contribution in [2.45, 2.75) is 37.6 Å². The Labute approximate surface area is 148 Å². The number of thioether (sulfide) groups is 1. The first-order valence-electron chi connectivity index (χ1n) is 7.19. The average Bonchev–Trinajstić information content (AvgIpc) is 2.96. The van der Waals surface area contributed by atoms with E-state index in [2.05, 4.69) is 22.4 Å². The van der Waals surface area contributed by atoms with Gasteiger partial charge in [0.25, 0.3) is 5.91 Å². The predicted molar refractivity (Wildman–Crippen MR) is 95.8 cm³/mol. The molecule has 0 saturated heterocycles.